The predicted octanol–water partition coefficient (Wildman–Crippen LogP) is 5.38. The summed E-state index contributed by atoms with van der Waals surface area (Å²) >= 11 is 5.78. The first kappa shape index (κ1) is 20.8. The highest BCUT2D eigenvalue weighted by Gasteiger charge is 2.13. The minimum absolute atomic E-state index is 0.0707. The van der Waals surface area contributed by atoms with E-state index in [9.17, 15) is 9.18 Å². The summed E-state index contributed by atoms with van der Waals surface area (Å²) in [7, 11) is 0. The van der Waals surface area contributed by atoms with Gasteiger partial charge in [0, 0.05) is 5.56 Å². The minimum atomic E-state index is -0.282. The largest absolute Gasteiger partial charge is 0.487 e. The molecule has 31 heavy (non-hydrogen) atoms. The SMILES string of the molecule is O=c1/c(=C/c2cc(I)c(OCc3ccccc3F)c(I)c2)sc2nc3ccccc3n12. The molecule has 0 radical (unpaired) electrons. The Morgan fingerprint density at radius 3 is 2.55 bits per heavy atom. The molecular weight excluding hydrogens is 641 g/mol. The zero-order chi connectivity index (χ0) is 21.5. The van der Waals surface area contributed by atoms with E-state index in [0.29, 0.717) is 20.8 Å². The average molecular weight is 654 g/mol. The van der Waals surface area contributed by atoms with Crippen molar-refractivity contribution in [2.45, 2.75) is 6.61 Å². The Morgan fingerprint density at radius 2 is 1.77 bits per heavy atom. The van der Waals surface area contributed by atoms with Crippen LogP contribution in [0.15, 0.2) is 65.5 Å². The fourth-order valence-electron chi connectivity index (χ4n) is 3.33. The number of nitrogens with zero attached hydrogens (tertiary/aromatic N) is 2. The molecular formula is C23H13FI2N2O2S. The van der Waals surface area contributed by atoms with Gasteiger partial charge in [-0.3, -0.25) is 4.79 Å². The van der Waals surface area contributed by atoms with Crippen molar-refractivity contribution in [2.24, 2.45) is 0 Å². The molecule has 5 aromatic rings. The molecule has 0 bridgehead atoms. The van der Waals surface area contributed by atoms with Crippen molar-refractivity contribution in [3.05, 3.63) is 99.6 Å². The zero-order valence-electron chi connectivity index (χ0n) is 15.8. The number of rotatable bonds is 4. The first-order valence-electron chi connectivity index (χ1n) is 9.28. The fraction of sp³-hybridized carbons (Fsp3) is 0.0435. The summed E-state index contributed by atoms with van der Waals surface area (Å²) in [6.45, 7) is 0.154. The lowest BCUT2D eigenvalue weighted by Gasteiger charge is -2.12. The fourth-order valence-corrected chi connectivity index (χ4v) is 6.44. The normalized spacial score (nSPS) is 12.2. The topological polar surface area (TPSA) is 43.6 Å². The van der Waals surface area contributed by atoms with E-state index < -0.39 is 0 Å². The summed E-state index contributed by atoms with van der Waals surface area (Å²) in [5.74, 6) is 0.423. The van der Waals surface area contributed by atoms with E-state index in [-0.39, 0.29) is 18.0 Å². The van der Waals surface area contributed by atoms with E-state index in [0.717, 1.165) is 23.7 Å². The third-order valence-electron chi connectivity index (χ3n) is 4.79. The molecule has 4 nitrogen and oxygen atoms in total. The number of imidazole rings is 1. The number of hydrogen-bond acceptors (Lipinski definition) is 4. The van der Waals surface area contributed by atoms with Crippen molar-refractivity contribution in [1.82, 2.24) is 9.38 Å². The molecule has 0 N–H and O–H groups in total. The van der Waals surface area contributed by atoms with Crippen molar-refractivity contribution >= 4 is 78.6 Å². The van der Waals surface area contributed by atoms with Gasteiger partial charge in [-0.1, -0.05) is 41.7 Å². The van der Waals surface area contributed by atoms with Crippen LogP contribution in [0.1, 0.15) is 11.1 Å². The maximum atomic E-state index is 13.9. The molecule has 2 heterocycles. The third-order valence-corrected chi connectivity index (χ3v) is 7.36. The van der Waals surface area contributed by atoms with Gasteiger partial charge in [0.1, 0.15) is 18.2 Å². The van der Waals surface area contributed by atoms with Gasteiger partial charge in [-0.05, 0) is 87.2 Å². The smallest absolute Gasteiger partial charge is 0.274 e. The first-order chi connectivity index (χ1) is 15.0. The molecule has 0 spiro atoms. The highest BCUT2D eigenvalue weighted by atomic mass is 127. The molecule has 0 unspecified atom stereocenters. The van der Waals surface area contributed by atoms with Gasteiger partial charge in [0.2, 0.25) is 0 Å². The quantitative estimate of drug-likeness (QED) is 0.245. The maximum Gasteiger partial charge on any atom is 0.274 e. The lowest BCUT2D eigenvalue weighted by atomic mass is 10.2. The number of hydrogen-bond donors (Lipinski definition) is 0. The van der Waals surface area contributed by atoms with Crippen LogP contribution in [0.25, 0.3) is 22.1 Å². The van der Waals surface area contributed by atoms with Gasteiger partial charge in [0.25, 0.3) is 5.56 Å². The molecule has 0 aliphatic heterocycles. The summed E-state index contributed by atoms with van der Waals surface area (Å²) in [4.78, 5) is 18.2. The molecule has 0 aliphatic carbocycles. The van der Waals surface area contributed by atoms with Crippen LogP contribution in [0.4, 0.5) is 4.39 Å². The number of thiazole rings is 1. The number of halogens is 3. The molecule has 154 valence electrons. The van der Waals surface area contributed by atoms with E-state index in [1.165, 1.54) is 17.4 Å². The van der Waals surface area contributed by atoms with Gasteiger partial charge < -0.3 is 4.74 Å². The van der Waals surface area contributed by atoms with Crippen molar-refractivity contribution in [3.63, 3.8) is 0 Å². The molecule has 0 atom stereocenters. The predicted molar refractivity (Wildman–Crippen MR) is 138 cm³/mol. The van der Waals surface area contributed by atoms with Crippen LogP contribution >= 0.6 is 56.5 Å². The Balaban J connectivity index is 1.50. The molecule has 2 aromatic heterocycles. The Bertz CT molecular complexity index is 1540. The van der Waals surface area contributed by atoms with E-state index in [1.807, 2.05) is 42.5 Å². The molecule has 0 aliphatic rings. The van der Waals surface area contributed by atoms with Crippen LogP contribution in [0.3, 0.4) is 0 Å². The van der Waals surface area contributed by atoms with Crippen LogP contribution in [0.2, 0.25) is 0 Å². The lowest BCUT2D eigenvalue weighted by Crippen LogP contribution is -2.22. The second-order valence-electron chi connectivity index (χ2n) is 6.83. The van der Waals surface area contributed by atoms with Crippen LogP contribution < -0.4 is 14.8 Å². The van der Waals surface area contributed by atoms with E-state index in [2.05, 4.69) is 50.2 Å². The summed E-state index contributed by atoms with van der Waals surface area (Å²) in [5.41, 5.74) is 2.98. The summed E-state index contributed by atoms with van der Waals surface area (Å²) in [6, 6.07) is 18.1. The van der Waals surface area contributed by atoms with E-state index >= 15 is 0 Å². The summed E-state index contributed by atoms with van der Waals surface area (Å²) < 4.78 is 23.9. The Hall–Kier alpha value is -2.05. The van der Waals surface area contributed by atoms with Gasteiger partial charge in [0.15, 0.2) is 4.96 Å². The lowest BCUT2D eigenvalue weighted by molar-refractivity contribution is 0.295. The monoisotopic (exact) mass is 654 g/mol. The van der Waals surface area contributed by atoms with Crippen molar-refractivity contribution in [1.29, 1.82) is 0 Å². The van der Waals surface area contributed by atoms with Gasteiger partial charge in [-0.25, -0.2) is 13.8 Å². The molecule has 0 fully saturated rings. The number of aromatic nitrogens is 2. The van der Waals surface area contributed by atoms with Crippen LogP contribution in [0.5, 0.6) is 5.75 Å². The number of benzene rings is 3. The van der Waals surface area contributed by atoms with E-state index in [4.69, 9.17) is 4.74 Å². The molecule has 0 saturated heterocycles. The third kappa shape index (κ3) is 3.96. The Kier molecular flexibility index (Phi) is 5.69. The standard InChI is InChI=1S/C23H13FI2N2O2S/c24-15-6-2-1-5-14(15)12-30-21-16(25)9-13(10-17(21)26)11-20-22(29)28-19-8-4-3-7-18(19)27-23(28)31-20/h1-11H,12H2/b20-11-. The zero-order valence-corrected chi connectivity index (χ0v) is 20.9. The van der Waals surface area contributed by atoms with Gasteiger partial charge in [-0.2, -0.15) is 0 Å². The van der Waals surface area contributed by atoms with Gasteiger partial charge >= 0.3 is 0 Å². The van der Waals surface area contributed by atoms with Crippen molar-refractivity contribution in [2.75, 3.05) is 0 Å². The Labute approximate surface area is 207 Å². The molecule has 8 heteroatoms. The van der Waals surface area contributed by atoms with Crippen LogP contribution in [-0.2, 0) is 6.61 Å². The second kappa shape index (κ2) is 8.47. The first-order valence-corrected chi connectivity index (χ1v) is 12.3. The van der Waals surface area contributed by atoms with Gasteiger partial charge in [0.05, 0.1) is 22.7 Å². The number of fused-ring (bicyclic) bond motifs is 3. The molecule has 0 saturated carbocycles. The summed E-state index contributed by atoms with van der Waals surface area (Å²) in [5, 5.41) is 0. The second-order valence-corrected chi connectivity index (χ2v) is 10.2. The Morgan fingerprint density at radius 1 is 1.06 bits per heavy atom. The van der Waals surface area contributed by atoms with Gasteiger partial charge in [-0.15, -0.1) is 0 Å². The molecule has 5 rings (SSSR count). The molecule has 3 aromatic carbocycles. The maximum absolute atomic E-state index is 13.9. The highest BCUT2D eigenvalue weighted by Crippen LogP contribution is 2.30. The highest BCUT2D eigenvalue weighted by molar-refractivity contribution is 14.1. The minimum Gasteiger partial charge on any atom is -0.487 e. The number of para-hydroxylation sites is 2. The van der Waals surface area contributed by atoms with Crippen LogP contribution in [0, 0.1) is 13.0 Å². The van der Waals surface area contributed by atoms with E-state index in [1.54, 1.807) is 22.6 Å². The van der Waals surface area contributed by atoms with Crippen LogP contribution in [-0.4, -0.2) is 9.38 Å². The van der Waals surface area contributed by atoms with Crippen molar-refractivity contribution < 1.29 is 9.13 Å². The van der Waals surface area contributed by atoms with Crippen molar-refractivity contribution in [3.8, 4) is 5.75 Å². The summed E-state index contributed by atoms with van der Waals surface area (Å²) in [6.07, 6.45) is 1.88. The molecule has 0 amide bonds. The number of ether oxygens (including phenoxy) is 1. The average Bonchev–Trinajstić information content (AvgIpc) is 3.25.